The molecule has 6 heteroatoms. The van der Waals surface area contributed by atoms with Gasteiger partial charge in [-0.15, -0.1) is 0 Å². The van der Waals surface area contributed by atoms with E-state index in [9.17, 15) is 4.79 Å². The lowest BCUT2D eigenvalue weighted by atomic mass is 10.1. The van der Waals surface area contributed by atoms with E-state index in [1.54, 1.807) is 43.7 Å². The van der Waals surface area contributed by atoms with Crippen LogP contribution in [0.4, 0.5) is 11.4 Å². The molecule has 0 aliphatic heterocycles. The number of amides is 1. The van der Waals surface area contributed by atoms with Crippen LogP contribution in [0.1, 0.15) is 15.9 Å². The van der Waals surface area contributed by atoms with Crippen molar-refractivity contribution in [3.05, 3.63) is 52.3 Å². The third-order valence-electron chi connectivity index (χ3n) is 2.69. The lowest BCUT2D eigenvalue weighted by molar-refractivity contribution is 0.102. The van der Waals surface area contributed by atoms with Crippen molar-refractivity contribution >= 4 is 33.2 Å². The van der Waals surface area contributed by atoms with Crippen molar-refractivity contribution in [1.29, 1.82) is 5.26 Å². The Balaban J connectivity index is 2.31. The van der Waals surface area contributed by atoms with E-state index in [1.165, 1.54) is 0 Å². The van der Waals surface area contributed by atoms with Gasteiger partial charge in [0.1, 0.15) is 6.07 Å². The van der Waals surface area contributed by atoms with Gasteiger partial charge >= 0.3 is 0 Å². The van der Waals surface area contributed by atoms with Crippen LogP contribution >= 0.6 is 15.9 Å². The molecule has 0 bridgehead atoms. The second-order valence-electron chi connectivity index (χ2n) is 3.93. The normalized spacial score (nSPS) is 9.65. The molecule has 100 valence electrons. The molecule has 2 rings (SSSR count). The predicted molar refractivity (Wildman–Crippen MR) is 80.6 cm³/mol. The minimum absolute atomic E-state index is 0.296. The van der Waals surface area contributed by atoms with E-state index in [2.05, 4.69) is 31.5 Å². The summed E-state index contributed by atoms with van der Waals surface area (Å²) >= 11 is 3.29. The Morgan fingerprint density at radius 3 is 2.85 bits per heavy atom. The highest BCUT2D eigenvalue weighted by molar-refractivity contribution is 9.10. The number of aromatic nitrogens is 1. The van der Waals surface area contributed by atoms with Crippen LogP contribution in [0.5, 0.6) is 0 Å². The first kappa shape index (κ1) is 14.0. The van der Waals surface area contributed by atoms with E-state index in [0.29, 0.717) is 22.5 Å². The van der Waals surface area contributed by atoms with Gasteiger partial charge in [0.15, 0.2) is 0 Å². The average Bonchev–Trinajstić information content (AvgIpc) is 2.48. The number of carbonyl (C=O) groups is 1. The molecule has 0 aliphatic rings. The van der Waals surface area contributed by atoms with Crippen molar-refractivity contribution in [3.63, 3.8) is 0 Å². The summed E-state index contributed by atoms with van der Waals surface area (Å²) in [6.45, 7) is 0. The minimum atomic E-state index is -0.296. The maximum atomic E-state index is 12.2. The zero-order valence-electron chi connectivity index (χ0n) is 10.6. The second-order valence-corrected chi connectivity index (χ2v) is 4.84. The summed E-state index contributed by atoms with van der Waals surface area (Å²) in [5, 5.41) is 14.7. The van der Waals surface area contributed by atoms with Gasteiger partial charge in [-0.05, 0) is 24.3 Å². The maximum Gasteiger partial charge on any atom is 0.257 e. The molecular weight excluding hydrogens is 320 g/mol. The van der Waals surface area contributed by atoms with Gasteiger partial charge < -0.3 is 10.6 Å². The number of halogens is 1. The highest BCUT2D eigenvalue weighted by atomic mass is 79.9. The van der Waals surface area contributed by atoms with Gasteiger partial charge in [0.05, 0.1) is 28.7 Å². The summed E-state index contributed by atoms with van der Waals surface area (Å²) in [7, 11) is 1.72. The monoisotopic (exact) mass is 330 g/mol. The van der Waals surface area contributed by atoms with Gasteiger partial charge in [-0.1, -0.05) is 15.9 Å². The highest BCUT2D eigenvalue weighted by Gasteiger charge is 2.12. The molecule has 0 saturated carbocycles. The van der Waals surface area contributed by atoms with E-state index in [-0.39, 0.29) is 5.91 Å². The predicted octanol–water partition coefficient (Wildman–Crippen LogP) is 3.01. The van der Waals surface area contributed by atoms with E-state index in [0.717, 1.165) is 4.47 Å². The maximum absolute atomic E-state index is 12.2. The number of anilines is 2. The molecule has 0 aliphatic carbocycles. The molecule has 0 radical (unpaired) electrons. The first-order chi connectivity index (χ1) is 9.65. The molecule has 2 aromatic rings. The first-order valence-corrected chi connectivity index (χ1v) is 6.57. The van der Waals surface area contributed by atoms with Crippen molar-refractivity contribution in [1.82, 2.24) is 4.98 Å². The standard InChI is InChI=1S/C14H11BrN4O/c1-17-13-8-18-5-4-11(13)14(20)19-12-3-2-10(15)6-9(12)7-16/h2-6,8,17H,1H3,(H,19,20). The number of nitrogens with zero attached hydrogens (tertiary/aromatic N) is 2. The van der Waals surface area contributed by atoms with Gasteiger partial charge in [0.25, 0.3) is 5.91 Å². The van der Waals surface area contributed by atoms with E-state index >= 15 is 0 Å². The van der Waals surface area contributed by atoms with Gasteiger partial charge in [-0.2, -0.15) is 5.26 Å². The number of nitriles is 1. The molecule has 1 heterocycles. The molecule has 1 aromatic heterocycles. The fourth-order valence-corrected chi connectivity index (χ4v) is 2.06. The Bertz CT molecular complexity index is 694. The molecule has 20 heavy (non-hydrogen) atoms. The highest BCUT2D eigenvalue weighted by Crippen LogP contribution is 2.22. The van der Waals surface area contributed by atoms with Gasteiger partial charge in [-0.25, -0.2) is 0 Å². The van der Waals surface area contributed by atoms with Crippen LogP contribution in [-0.4, -0.2) is 17.9 Å². The van der Waals surface area contributed by atoms with Gasteiger partial charge in [-0.3, -0.25) is 9.78 Å². The third-order valence-corrected chi connectivity index (χ3v) is 3.18. The number of hydrogen-bond acceptors (Lipinski definition) is 4. The molecule has 0 unspecified atom stereocenters. The number of nitrogens with one attached hydrogen (secondary N) is 2. The lowest BCUT2D eigenvalue weighted by Gasteiger charge is -2.10. The minimum Gasteiger partial charge on any atom is -0.386 e. The van der Waals surface area contributed by atoms with Gasteiger partial charge in [0, 0.05) is 17.7 Å². The number of carbonyl (C=O) groups excluding carboxylic acids is 1. The Hall–Kier alpha value is -2.39. The smallest absolute Gasteiger partial charge is 0.257 e. The van der Waals surface area contributed by atoms with Gasteiger partial charge in [0.2, 0.25) is 0 Å². The topological polar surface area (TPSA) is 77.8 Å². The lowest BCUT2D eigenvalue weighted by Crippen LogP contribution is -2.15. The second kappa shape index (κ2) is 6.17. The van der Waals surface area contributed by atoms with Crippen LogP contribution in [-0.2, 0) is 0 Å². The Kier molecular flexibility index (Phi) is 4.33. The Morgan fingerprint density at radius 2 is 2.15 bits per heavy atom. The molecule has 0 saturated heterocycles. The summed E-state index contributed by atoms with van der Waals surface area (Å²) < 4.78 is 0.784. The van der Waals surface area contributed by atoms with Crippen LogP contribution < -0.4 is 10.6 Å². The molecule has 0 spiro atoms. The summed E-state index contributed by atoms with van der Waals surface area (Å²) in [6.07, 6.45) is 3.12. The Morgan fingerprint density at radius 1 is 1.35 bits per heavy atom. The van der Waals surface area contributed by atoms with Crippen molar-refractivity contribution < 1.29 is 4.79 Å². The summed E-state index contributed by atoms with van der Waals surface area (Å²) in [5.41, 5.74) is 1.96. The molecule has 1 amide bonds. The van der Waals surface area contributed by atoms with Crippen molar-refractivity contribution in [2.45, 2.75) is 0 Å². The summed E-state index contributed by atoms with van der Waals surface area (Å²) in [5.74, 6) is -0.296. The zero-order valence-corrected chi connectivity index (χ0v) is 12.2. The van der Waals surface area contributed by atoms with Crippen molar-refractivity contribution in [2.75, 3.05) is 17.7 Å². The number of hydrogen-bond donors (Lipinski definition) is 2. The van der Waals surface area contributed by atoms with Crippen LogP contribution in [0.3, 0.4) is 0 Å². The van der Waals surface area contributed by atoms with Crippen molar-refractivity contribution in [3.8, 4) is 6.07 Å². The third kappa shape index (κ3) is 2.95. The molecule has 0 atom stereocenters. The van der Waals surface area contributed by atoms with Crippen LogP contribution in [0, 0.1) is 11.3 Å². The Labute approximate surface area is 124 Å². The SMILES string of the molecule is CNc1cnccc1C(=O)Nc1ccc(Br)cc1C#N. The number of pyridine rings is 1. The fraction of sp³-hybridized carbons (Fsp3) is 0.0714. The largest absolute Gasteiger partial charge is 0.386 e. The van der Waals surface area contributed by atoms with E-state index in [1.807, 2.05) is 6.07 Å². The average molecular weight is 331 g/mol. The molecular formula is C14H11BrN4O. The number of rotatable bonds is 3. The molecule has 2 N–H and O–H groups in total. The van der Waals surface area contributed by atoms with Crippen LogP contribution in [0.15, 0.2) is 41.1 Å². The molecule has 0 fully saturated rings. The van der Waals surface area contributed by atoms with Crippen LogP contribution in [0.2, 0.25) is 0 Å². The van der Waals surface area contributed by atoms with E-state index in [4.69, 9.17) is 5.26 Å². The van der Waals surface area contributed by atoms with Crippen molar-refractivity contribution in [2.24, 2.45) is 0 Å². The first-order valence-electron chi connectivity index (χ1n) is 5.78. The summed E-state index contributed by atoms with van der Waals surface area (Å²) in [4.78, 5) is 16.2. The quantitative estimate of drug-likeness (QED) is 0.906. The summed E-state index contributed by atoms with van der Waals surface area (Å²) in [6, 6.07) is 8.77. The van der Waals surface area contributed by atoms with E-state index < -0.39 is 0 Å². The molecule has 1 aromatic carbocycles. The molecule has 5 nitrogen and oxygen atoms in total. The number of benzene rings is 1. The van der Waals surface area contributed by atoms with Crippen LogP contribution in [0.25, 0.3) is 0 Å². The zero-order chi connectivity index (χ0) is 14.5. The fourth-order valence-electron chi connectivity index (χ4n) is 1.70.